The average Bonchev–Trinajstić information content (AvgIpc) is 2.75. The van der Waals surface area contributed by atoms with Gasteiger partial charge in [-0.3, -0.25) is 9.82 Å². The number of pyridine rings is 1. The first kappa shape index (κ1) is 10.9. The maximum absolute atomic E-state index is 11.7. The largest absolute Gasteiger partial charge is 0.280 e. The van der Waals surface area contributed by atoms with E-state index in [0.717, 1.165) is 0 Å². The van der Waals surface area contributed by atoms with E-state index in [9.17, 15) is 8.42 Å². The molecule has 2 aromatic heterocycles. The maximum atomic E-state index is 11.7. The van der Waals surface area contributed by atoms with Crippen molar-refractivity contribution >= 4 is 27.4 Å². The van der Waals surface area contributed by atoms with Gasteiger partial charge in [0.2, 0.25) is 0 Å². The number of anilines is 1. The number of hydrogen-bond acceptors (Lipinski definition) is 4. The number of H-pyrrole nitrogens is 1. The van der Waals surface area contributed by atoms with Crippen LogP contribution in [0.1, 0.15) is 0 Å². The van der Waals surface area contributed by atoms with Crippen molar-refractivity contribution in [3.63, 3.8) is 0 Å². The molecule has 16 heavy (non-hydrogen) atoms. The zero-order valence-electron chi connectivity index (χ0n) is 7.88. The van der Waals surface area contributed by atoms with E-state index in [1.54, 1.807) is 12.1 Å². The van der Waals surface area contributed by atoms with E-state index in [-0.39, 0.29) is 15.9 Å². The lowest BCUT2D eigenvalue weighted by Gasteiger charge is -2.05. The Kier molecular flexibility index (Phi) is 2.80. The van der Waals surface area contributed by atoms with Gasteiger partial charge in [0.05, 0.1) is 11.2 Å². The molecular formula is C8H7ClN4O2S. The van der Waals surface area contributed by atoms with Crippen molar-refractivity contribution in [1.29, 1.82) is 0 Å². The number of aromatic nitrogens is 3. The molecule has 0 bridgehead atoms. The summed E-state index contributed by atoms with van der Waals surface area (Å²) >= 11 is 5.78. The highest BCUT2D eigenvalue weighted by Gasteiger charge is 2.17. The summed E-state index contributed by atoms with van der Waals surface area (Å²) in [5.41, 5.74) is 0. The molecule has 0 fully saturated rings. The predicted octanol–water partition coefficient (Wildman–Crippen LogP) is 1.26. The number of nitrogens with one attached hydrogen (secondary N) is 2. The Morgan fingerprint density at radius 3 is 2.75 bits per heavy atom. The van der Waals surface area contributed by atoms with Crippen LogP contribution >= 0.6 is 11.6 Å². The lowest BCUT2D eigenvalue weighted by atomic mass is 10.5. The average molecular weight is 259 g/mol. The second kappa shape index (κ2) is 4.11. The van der Waals surface area contributed by atoms with Gasteiger partial charge in [-0.05, 0) is 18.2 Å². The van der Waals surface area contributed by atoms with Crippen molar-refractivity contribution in [3.05, 3.63) is 35.6 Å². The Morgan fingerprint density at radius 2 is 2.12 bits per heavy atom. The Labute approximate surface area is 96.7 Å². The van der Waals surface area contributed by atoms with Gasteiger partial charge >= 0.3 is 0 Å². The first-order valence-corrected chi connectivity index (χ1v) is 6.08. The molecule has 0 spiro atoms. The Morgan fingerprint density at radius 1 is 1.31 bits per heavy atom. The summed E-state index contributed by atoms with van der Waals surface area (Å²) in [5, 5.41) is 6.08. The third-order valence-electron chi connectivity index (χ3n) is 1.75. The van der Waals surface area contributed by atoms with Crippen LogP contribution in [0.15, 0.2) is 35.6 Å². The van der Waals surface area contributed by atoms with Gasteiger partial charge in [0.1, 0.15) is 0 Å². The Hall–Kier alpha value is -1.60. The minimum atomic E-state index is -3.71. The van der Waals surface area contributed by atoms with Gasteiger partial charge in [-0.2, -0.15) is 13.5 Å². The molecule has 6 nitrogen and oxygen atoms in total. The van der Waals surface area contributed by atoms with Crippen molar-refractivity contribution in [2.45, 2.75) is 5.03 Å². The summed E-state index contributed by atoms with van der Waals surface area (Å²) in [6, 6.07) is 4.48. The van der Waals surface area contributed by atoms with Crippen LogP contribution in [0.4, 0.5) is 5.82 Å². The standard InChI is InChI=1S/C8H7ClN4O2S/c9-6-2-1-4-10-8(6)13-16(14,15)7-3-5-11-12-7/h1-5H,(H,10,13)(H,11,12). The number of halogens is 1. The van der Waals surface area contributed by atoms with Crippen molar-refractivity contribution in [1.82, 2.24) is 15.2 Å². The fourth-order valence-electron chi connectivity index (χ4n) is 1.04. The smallest absolute Gasteiger partial charge is 0.266 e. The molecule has 0 unspecified atom stereocenters. The molecule has 2 heterocycles. The Bertz CT molecular complexity index is 582. The van der Waals surface area contributed by atoms with Crippen molar-refractivity contribution in [3.8, 4) is 0 Å². The lowest BCUT2D eigenvalue weighted by molar-refractivity contribution is 0.597. The maximum Gasteiger partial charge on any atom is 0.280 e. The van der Waals surface area contributed by atoms with Crippen LogP contribution in [0.2, 0.25) is 5.02 Å². The van der Waals surface area contributed by atoms with E-state index in [2.05, 4.69) is 19.9 Å². The third-order valence-corrected chi connectivity index (χ3v) is 3.33. The van der Waals surface area contributed by atoms with Crippen LogP contribution in [-0.4, -0.2) is 23.6 Å². The van der Waals surface area contributed by atoms with Gasteiger partial charge in [0.25, 0.3) is 10.0 Å². The summed E-state index contributed by atoms with van der Waals surface area (Å²) in [4.78, 5) is 3.82. The van der Waals surface area contributed by atoms with E-state index >= 15 is 0 Å². The third kappa shape index (κ3) is 2.15. The van der Waals surface area contributed by atoms with Crippen molar-refractivity contribution in [2.24, 2.45) is 0 Å². The van der Waals surface area contributed by atoms with Gasteiger partial charge in [-0.25, -0.2) is 4.98 Å². The molecule has 0 saturated heterocycles. The molecule has 0 aromatic carbocycles. The fraction of sp³-hybridized carbons (Fsp3) is 0. The molecule has 0 amide bonds. The predicted molar refractivity (Wildman–Crippen MR) is 58.6 cm³/mol. The van der Waals surface area contributed by atoms with Crippen molar-refractivity contribution in [2.75, 3.05) is 4.72 Å². The molecule has 0 atom stereocenters. The van der Waals surface area contributed by atoms with Crippen LogP contribution in [0.25, 0.3) is 0 Å². The molecule has 84 valence electrons. The minimum Gasteiger partial charge on any atom is -0.266 e. The molecule has 0 aliphatic carbocycles. The summed E-state index contributed by atoms with van der Waals surface area (Å²) in [7, 11) is -3.71. The van der Waals surface area contributed by atoms with Crippen LogP contribution in [0.5, 0.6) is 0 Å². The molecule has 0 aliphatic rings. The first-order valence-electron chi connectivity index (χ1n) is 4.22. The Balaban J connectivity index is 2.33. The van der Waals surface area contributed by atoms with Gasteiger partial charge < -0.3 is 0 Å². The minimum absolute atomic E-state index is 0.0470. The molecule has 2 aromatic rings. The SMILES string of the molecule is O=S(=O)(Nc1ncccc1Cl)c1ccn[nH]1. The van der Waals surface area contributed by atoms with Gasteiger partial charge in [0.15, 0.2) is 10.8 Å². The van der Waals surface area contributed by atoms with E-state index in [1.807, 2.05) is 0 Å². The van der Waals surface area contributed by atoms with Crippen molar-refractivity contribution < 1.29 is 8.42 Å². The normalized spacial score (nSPS) is 11.3. The van der Waals surface area contributed by atoms with E-state index in [1.165, 1.54) is 18.5 Å². The van der Waals surface area contributed by atoms with Crippen LogP contribution in [-0.2, 0) is 10.0 Å². The number of hydrogen-bond donors (Lipinski definition) is 2. The number of aromatic amines is 1. The summed E-state index contributed by atoms with van der Waals surface area (Å²) in [6.07, 6.45) is 2.78. The highest BCUT2D eigenvalue weighted by atomic mass is 35.5. The van der Waals surface area contributed by atoms with Crippen LogP contribution in [0.3, 0.4) is 0 Å². The second-order valence-electron chi connectivity index (χ2n) is 2.86. The molecule has 0 saturated carbocycles. The lowest BCUT2D eigenvalue weighted by Crippen LogP contribution is -2.14. The van der Waals surface area contributed by atoms with E-state index < -0.39 is 10.0 Å². The van der Waals surface area contributed by atoms with E-state index in [0.29, 0.717) is 0 Å². The summed E-state index contributed by atoms with van der Waals surface area (Å²) in [6.45, 7) is 0. The summed E-state index contributed by atoms with van der Waals surface area (Å²) in [5.74, 6) is 0.0822. The van der Waals surface area contributed by atoms with Crippen LogP contribution in [0, 0.1) is 0 Å². The monoisotopic (exact) mass is 258 g/mol. The van der Waals surface area contributed by atoms with Crippen LogP contribution < -0.4 is 4.72 Å². The molecular weight excluding hydrogens is 252 g/mol. The number of nitrogens with zero attached hydrogens (tertiary/aromatic N) is 2. The first-order chi connectivity index (χ1) is 7.59. The second-order valence-corrected chi connectivity index (χ2v) is 4.92. The number of rotatable bonds is 3. The molecule has 0 radical (unpaired) electrons. The fourth-order valence-corrected chi connectivity index (χ4v) is 2.20. The van der Waals surface area contributed by atoms with Gasteiger partial charge in [0, 0.05) is 6.20 Å². The highest BCUT2D eigenvalue weighted by molar-refractivity contribution is 7.92. The van der Waals surface area contributed by atoms with Gasteiger partial charge in [-0.15, -0.1) is 0 Å². The number of sulfonamides is 1. The zero-order chi connectivity index (χ0) is 11.6. The topological polar surface area (TPSA) is 87.7 Å². The molecule has 8 heteroatoms. The molecule has 0 aliphatic heterocycles. The van der Waals surface area contributed by atoms with Gasteiger partial charge in [-0.1, -0.05) is 11.6 Å². The quantitative estimate of drug-likeness (QED) is 0.868. The highest BCUT2D eigenvalue weighted by Crippen LogP contribution is 2.20. The van der Waals surface area contributed by atoms with E-state index in [4.69, 9.17) is 11.6 Å². The molecule has 2 N–H and O–H groups in total. The zero-order valence-corrected chi connectivity index (χ0v) is 9.46. The molecule has 2 rings (SSSR count). The summed E-state index contributed by atoms with van der Waals surface area (Å²) < 4.78 is 25.7.